The summed E-state index contributed by atoms with van der Waals surface area (Å²) in [5.41, 5.74) is 5.90. The molecule has 0 heterocycles. The van der Waals surface area contributed by atoms with E-state index in [4.69, 9.17) is 5.73 Å². The molecule has 1 saturated carbocycles. The fraction of sp³-hybridized carbons (Fsp3) is 1.00. The highest BCUT2D eigenvalue weighted by molar-refractivity contribution is 4.81. The summed E-state index contributed by atoms with van der Waals surface area (Å²) >= 11 is 0. The largest absolute Gasteiger partial charge is 0.329 e. The van der Waals surface area contributed by atoms with Gasteiger partial charge >= 0.3 is 0 Å². The first-order valence-corrected chi connectivity index (χ1v) is 6.74. The van der Waals surface area contributed by atoms with Crippen molar-refractivity contribution >= 4 is 0 Å². The molecule has 2 unspecified atom stereocenters. The molecule has 90 valence electrons. The topological polar surface area (TPSA) is 38.0 Å². The zero-order valence-electron chi connectivity index (χ0n) is 10.5. The Morgan fingerprint density at radius 1 is 1.20 bits per heavy atom. The first-order valence-electron chi connectivity index (χ1n) is 6.74. The van der Waals surface area contributed by atoms with Crippen molar-refractivity contribution in [3.05, 3.63) is 0 Å². The fourth-order valence-electron chi connectivity index (χ4n) is 2.59. The molecule has 0 aromatic rings. The van der Waals surface area contributed by atoms with Gasteiger partial charge in [0.05, 0.1) is 0 Å². The van der Waals surface area contributed by atoms with Gasteiger partial charge < -0.3 is 11.1 Å². The second kappa shape index (κ2) is 7.24. The molecule has 2 nitrogen and oxygen atoms in total. The van der Waals surface area contributed by atoms with E-state index in [1.54, 1.807) is 0 Å². The Kier molecular flexibility index (Phi) is 6.26. The molecular formula is C13H28N2. The first kappa shape index (κ1) is 13.0. The summed E-state index contributed by atoms with van der Waals surface area (Å²) in [4.78, 5) is 0. The van der Waals surface area contributed by atoms with Crippen LogP contribution in [0.4, 0.5) is 0 Å². The molecular weight excluding hydrogens is 184 g/mol. The summed E-state index contributed by atoms with van der Waals surface area (Å²) in [6.07, 6.45) is 9.63. The van der Waals surface area contributed by atoms with Gasteiger partial charge in [0, 0.05) is 18.6 Å². The van der Waals surface area contributed by atoms with E-state index in [1.807, 2.05) is 0 Å². The van der Waals surface area contributed by atoms with Crippen molar-refractivity contribution in [2.24, 2.45) is 11.7 Å². The minimum atomic E-state index is 0.554. The minimum absolute atomic E-state index is 0.554. The van der Waals surface area contributed by atoms with E-state index in [0.717, 1.165) is 12.5 Å². The molecule has 0 aromatic heterocycles. The van der Waals surface area contributed by atoms with E-state index in [9.17, 15) is 0 Å². The molecule has 0 bridgehead atoms. The monoisotopic (exact) mass is 212 g/mol. The van der Waals surface area contributed by atoms with Gasteiger partial charge in [-0.05, 0) is 32.1 Å². The Morgan fingerprint density at radius 3 is 2.27 bits per heavy atom. The van der Waals surface area contributed by atoms with Crippen molar-refractivity contribution in [3.63, 3.8) is 0 Å². The summed E-state index contributed by atoms with van der Waals surface area (Å²) in [7, 11) is 0. The van der Waals surface area contributed by atoms with Gasteiger partial charge in [0.2, 0.25) is 0 Å². The molecule has 0 radical (unpaired) electrons. The molecule has 0 spiro atoms. The van der Waals surface area contributed by atoms with Crippen molar-refractivity contribution in [2.45, 2.75) is 70.9 Å². The summed E-state index contributed by atoms with van der Waals surface area (Å²) < 4.78 is 0. The highest BCUT2D eigenvalue weighted by Gasteiger charge is 2.22. The standard InChI is InChI=1S/C13H28N2/c1-3-11(2)15-13(10-14)12-8-6-4-5-7-9-12/h11-13,15H,3-10,14H2,1-2H3. The van der Waals surface area contributed by atoms with E-state index in [2.05, 4.69) is 19.2 Å². The third kappa shape index (κ3) is 4.52. The van der Waals surface area contributed by atoms with Crippen LogP contribution in [0.1, 0.15) is 58.8 Å². The van der Waals surface area contributed by atoms with Crippen LogP contribution in [-0.2, 0) is 0 Å². The van der Waals surface area contributed by atoms with Gasteiger partial charge in [0.15, 0.2) is 0 Å². The second-order valence-corrected chi connectivity index (χ2v) is 5.07. The molecule has 2 heteroatoms. The third-order valence-electron chi connectivity index (χ3n) is 3.83. The number of rotatable bonds is 5. The van der Waals surface area contributed by atoms with Crippen LogP contribution in [-0.4, -0.2) is 18.6 Å². The van der Waals surface area contributed by atoms with Crippen molar-refractivity contribution in [1.82, 2.24) is 5.32 Å². The van der Waals surface area contributed by atoms with Crippen molar-refractivity contribution < 1.29 is 0 Å². The molecule has 0 aliphatic heterocycles. The van der Waals surface area contributed by atoms with Crippen LogP contribution < -0.4 is 11.1 Å². The van der Waals surface area contributed by atoms with Gasteiger partial charge in [-0.2, -0.15) is 0 Å². The molecule has 0 saturated heterocycles. The molecule has 0 aromatic carbocycles. The lowest BCUT2D eigenvalue weighted by atomic mass is 9.91. The Labute approximate surface area is 95.0 Å². The van der Waals surface area contributed by atoms with Crippen molar-refractivity contribution in [1.29, 1.82) is 0 Å². The lowest BCUT2D eigenvalue weighted by Gasteiger charge is -2.28. The van der Waals surface area contributed by atoms with Gasteiger partial charge in [-0.3, -0.25) is 0 Å². The molecule has 1 fully saturated rings. The molecule has 0 amide bonds. The molecule has 3 N–H and O–H groups in total. The average Bonchev–Trinajstić information content (AvgIpc) is 2.54. The van der Waals surface area contributed by atoms with Gasteiger partial charge in [0.1, 0.15) is 0 Å². The quantitative estimate of drug-likeness (QED) is 0.688. The minimum Gasteiger partial charge on any atom is -0.329 e. The Balaban J connectivity index is 2.40. The molecule has 1 aliphatic rings. The smallest absolute Gasteiger partial charge is 0.0220 e. The van der Waals surface area contributed by atoms with Crippen LogP contribution in [0.15, 0.2) is 0 Å². The lowest BCUT2D eigenvalue weighted by molar-refractivity contribution is 0.299. The van der Waals surface area contributed by atoms with Gasteiger partial charge in [-0.25, -0.2) is 0 Å². The second-order valence-electron chi connectivity index (χ2n) is 5.07. The Hall–Kier alpha value is -0.0800. The van der Waals surface area contributed by atoms with Crippen molar-refractivity contribution in [3.8, 4) is 0 Å². The molecule has 15 heavy (non-hydrogen) atoms. The molecule has 1 aliphatic carbocycles. The van der Waals surface area contributed by atoms with Crippen LogP contribution in [0.3, 0.4) is 0 Å². The van der Waals surface area contributed by atoms with Crippen molar-refractivity contribution in [2.75, 3.05) is 6.54 Å². The number of nitrogens with one attached hydrogen (secondary N) is 1. The lowest BCUT2D eigenvalue weighted by Crippen LogP contribution is -2.46. The van der Waals surface area contributed by atoms with E-state index >= 15 is 0 Å². The van der Waals surface area contributed by atoms with Crippen LogP contribution in [0.2, 0.25) is 0 Å². The van der Waals surface area contributed by atoms with Crippen LogP contribution >= 0.6 is 0 Å². The molecule has 1 rings (SSSR count). The van der Waals surface area contributed by atoms with Crippen LogP contribution in [0.25, 0.3) is 0 Å². The third-order valence-corrected chi connectivity index (χ3v) is 3.83. The first-order chi connectivity index (χ1) is 7.27. The normalized spacial score (nSPS) is 23.4. The SMILES string of the molecule is CCC(C)NC(CN)C1CCCCCC1. The van der Waals surface area contributed by atoms with E-state index in [1.165, 1.54) is 44.9 Å². The highest BCUT2D eigenvalue weighted by atomic mass is 15.0. The summed E-state index contributed by atoms with van der Waals surface area (Å²) in [5, 5.41) is 3.69. The maximum atomic E-state index is 5.90. The summed E-state index contributed by atoms with van der Waals surface area (Å²) in [5.74, 6) is 0.825. The Bertz CT molecular complexity index is 151. The Morgan fingerprint density at radius 2 is 1.80 bits per heavy atom. The zero-order valence-corrected chi connectivity index (χ0v) is 10.5. The maximum absolute atomic E-state index is 5.90. The fourth-order valence-corrected chi connectivity index (χ4v) is 2.59. The number of nitrogens with two attached hydrogens (primary N) is 1. The van der Waals surface area contributed by atoms with Gasteiger partial charge in [-0.15, -0.1) is 0 Å². The maximum Gasteiger partial charge on any atom is 0.0220 e. The number of hydrogen-bond acceptors (Lipinski definition) is 2. The van der Waals surface area contributed by atoms with E-state index in [0.29, 0.717) is 12.1 Å². The van der Waals surface area contributed by atoms with Crippen LogP contribution in [0, 0.1) is 5.92 Å². The predicted octanol–water partition coefficient (Wildman–Crippen LogP) is 2.67. The van der Waals surface area contributed by atoms with Gasteiger partial charge in [0.25, 0.3) is 0 Å². The summed E-state index contributed by atoms with van der Waals surface area (Å²) in [6, 6.07) is 1.17. The summed E-state index contributed by atoms with van der Waals surface area (Å²) in [6.45, 7) is 5.30. The number of hydrogen-bond donors (Lipinski definition) is 2. The van der Waals surface area contributed by atoms with E-state index < -0.39 is 0 Å². The molecule has 2 atom stereocenters. The van der Waals surface area contributed by atoms with Crippen LogP contribution in [0.5, 0.6) is 0 Å². The zero-order chi connectivity index (χ0) is 11.1. The average molecular weight is 212 g/mol. The van der Waals surface area contributed by atoms with Gasteiger partial charge in [-0.1, -0.05) is 32.6 Å². The highest BCUT2D eigenvalue weighted by Crippen LogP contribution is 2.25. The predicted molar refractivity (Wildman–Crippen MR) is 66.9 cm³/mol. The van der Waals surface area contributed by atoms with E-state index in [-0.39, 0.29) is 0 Å².